The average molecular weight is 145 g/mol. The molecular formula is C8H10LiO2. The van der Waals surface area contributed by atoms with Crippen LogP contribution in [0.5, 0.6) is 11.5 Å². The van der Waals surface area contributed by atoms with Crippen LogP contribution in [0.4, 0.5) is 0 Å². The summed E-state index contributed by atoms with van der Waals surface area (Å²) < 4.78 is 9.94. The van der Waals surface area contributed by atoms with E-state index < -0.39 is 0 Å². The van der Waals surface area contributed by atoms with Gasteiger partial charge < -0.3 is 9.47 Å². The molecular weight excluding hydrogens is 135 g/mol. The minimum absolute atomic E-state index is 0. The van der Waals surface area contributed by atoms with Gasteiger partial charge in [-0.05, 0) is 6.07 Å². The molecule has 3 heteroatoms. The first kappa shape index (κ1) is 10.4. The van der Waals surface area contributed by atoms with Gasteiger partial charge in [0, 0.05) is 6.07 Å². The maximum absolute atomic E-state index is 4.98. The quantitative estimate of drug-likeness (QED) is 0.574. The molecule has 0 heterocycles. The first-order valence-electron chi connectivity index (χ1n) is 2.97. The van der Waals surface area contributed by atoms with Gasteiger partial charge in [0.15, 0.2) is 11.5 Å². The van der Waals surface area contributed by atoms with Crippen molar-refractivity contribution in [1.82, 2.24) is 0 Å². The molecule has 0 saturated heterocycles. The van der Waals surface area contributed by atoms with Crippen molar-refractivity contribution >= 4 is 18.9 Å². The molecule has 11 heavy (non-hydrogen) atoms. The third-order valence-corrected chi connectivity index (χ3v) is 1.21. The summed E-state index contributed by atoms with van der Waals surface area (Å²) in [6.07, 6.45) is 0. The minimum atomic E-state index is 0. The topological polar surface area (TPSA) is 18.5 Å². The van der Waals surface area contributed by atoms with Crippen molar-refractivity contribution < 1.29 is 9.47 Å². The van der Waals surface area contributed by atoms with E-state index in [4.69, 9.17) is 9.47 Å². The number of methoxy groups -OCH3 is 2. The molecule has 0 aliphatic heterocycles. The van der Waals surface area contributed by atoms with E-state index in [2.05, 4.69) is 6.07 Å². The summed E-state index contributed by atoms with van der Waals surface area (Å²) in [7, 11) is 3.19. The van der Waals surface area contributed by atoms with Crippen LogP contribution in [-0.2, 0) is 0 Å². The molecule has 0 fully saturated rings. The van der Waals surface area contributed by atoms with E-state index in [1.807, 2.05) is 12.1 Å². The van der Waals surface area contributed by atoms with Crippen LogP contribution in [0.15, 0.2) is 18.2 Å². The fourth-order valence-corrected chi connectivity index (χ4v) is 0.726. The zero-order valence-electron chi connectivity index (χ0n) is 6.05. The van der Waals surface area contributed by atoms with Crippen molar-refractivity contribution in [3.8, 4) is 11.5 Å². The second kappa shape index (κ2) is 5.12. The van der Waals surface area contributed by atoms with Crippen molar-refractivity contribution in [2.24, 2.45) is 0 Å². The predicted molar refractivity (Wildman–Crippen MR) is 45.5 cm³/mol. The van der Waals surface area contributed by atoms with Crippen molar-refractivity contribution in [3.63, 3.8) is 0 Å². The first-order chi connectivity index (χ1) is 4.88. The zero-order valence-corrected chi connectivity index (χ0v) is 6.05. The van der Waals surface area contributed by atoms with Gasteiger partial charge in [-0.15, -0.1) is 0 Å². The van der Waals surface area contributed by atoms with Crippen LogP contribution in [0.3, 0.4) is 0 Å². The molecule has 0 spiro atoms. The van der Waals surface area contributed by atoms with E-state index >= 15 is 0 Å². The standard InChI is InChI=1S/C8H9O2.Li.H/c1-9-7-5-3-4-6-8(7)10-2;;/h3-5H,1-2H3;;. The Morgan fingerprint density at radius 2 is 2.00 bits per heavy atom. The zero-order chi connectivity index (χ0) is 7.40. The Bertz CT molecular complexity index is 190. The molecule has 0 saturated carbocycles. The van der Waals surface area contributed by atoms with Crippen LogP contribution in [0.25, 0.3) is 0 Å². The molecule has 1 aromatic rings. The van der Waals surface area contributed by atoms with E-state index in [-0.39, 0.29) is 18.9 Å². The first-order valence-corrected chi connectivity index (χ1v) is 2.97. The van der Waals surface area contributed by atoms with Gasteiger partial charge in [-0.2, -0.15) is 0 Å². The van der Waals surface area contributed by atoms with Crippen LogP contribution in [-0.4, -0.2) is 33.1 Å². The molecule has 0 aliphatic rings. The molecule has 0 amide bonds. The monoisotopic (exact) mass is 145 g/mol. The van der Waals surface area contributed by atoms with Crippen LogP contribution in [0, 0.1) is 6.07 Å². The molecule has 0 N–H and O–H groups in total. The van der Waals surface area contributed by atoms with Gasteiger partial charge in [-0.25, -0.2) is 0 Å². The Balaban J connectivity index is 0.000001000. The summed E-state index contributed by atoms with van der Waals surface area (Å²) in [4.78, 5) is 0. The van der Waals surface area contributed by atoms with Crippen molar-refractivity contribution in [1.29, 1.82) is 0 Å². The Kier molecular flexibility index (Phi) is 4.85. The fraction of sp³-hybridized carbons (Fsp3) is 0.250. The van der Waals surface area contributed by atoms with Gasteiger partial charge in [0.1, 0.15) is 0 Å². The van der Waals surface area contributed by atoms with Gasteiger partial charge in [-0.1, -0.05) is 12.1 Å². The molecule has 0 aromatic heterocycles. The van der Waals surface area contributed by atoms with Gasteiger partial charge in [-0.3, -0.25) is 0 Å². The fourth-order valence-electron chi connectivity index (χ4n) is 0.726. The predicted octanol–water partition coefficient (Wildman–Crippen LogP) is 0.855. The molecule has 2 nitrogen and oxygen atoms in total. The SMILES string of the molecule is COc1[c]cccc1OC.[LiH]. The maximum atomic E-state index is 4.98. The summed E-state index contributed by atoms with van der Waals surface area (Å²) in [5.41, 5.74) is 0. The van der Waals surface area contributed by atoms with E-state index in [1.54, 1.807) is 20.3 Å². The Morgan fingerprint density at radius 1 is 1.27 bits per heavy atom. The number of hydrogen-bond acceptors (Lipinski definition) is 2. The van der Waals surface area contributed by atoms with Gasteiger partial charge in [0.2, 0.25) is 0 Å². The second-order valence-corrected chi connectivity index (χ2v) is 1.77. The third-order valence-electron chi connectivity index (χ3n) is 1.21. The molecule has 0 atom stereocenters. The number of para-hydroxylation sites is 1. The molecule has 55 valence electrons. The van der Waals surface area contributed by atoms with E-state index in [0.717, 1.165) is 0 Å². The van der Waals surface area contributed by atoms with Crippen LogP contribution < -0.4 is 9.47 Å². The van der Waals surface area contributed by atoms with Crippen molar-refractivity contribution in [2.75, 3.05) is 14.2 Å². The summed E-state index contributed by atoms with van der Waals surface area (Å²) in [6.45, 7) is 0. The number of hydrogen-bond donors (Lipinski definition) is 0. The summed E-state index contributed by atoms with van der Waals surface area (Å²) >= 11 is 0. The van der Waals surface area contributed by atoms with E-state index in [9.17, 15) is 0 Å². The Morgan fingerprint density at radius 3 is 2.45 bits per heavy atom. The van der Waals surface area contributed by atoms with Crippen molar-refractivity contribution in [3.05, 3.63) is 24.3 Å². The van der Waals surface area contributed by atoms with E-state index in [1.165, 1.54) is 0 Å². The van der Waals surface area contributed by atoms with Crippen LogP contribution in [0.1, 0.15) is 0 Å². The number of ether oxygens (including phenoxy) is 2. The average Bonchev–Trinajstić information content (AvgIpc) is 2.04. The molecule has 1 radical (unpaired) electrons. The van der Waals surface area contributed by atoms with E-state index in [0.29, 0.717) is 11.5 Å². The molecule has 1 aromatic carbocycles. The summed E-state index contributed by atoms with van der Waals surface area (Å²) in [5.74, 6) is 1.36. The Labute approximate surface area is 78.7 Å². The number of benzene rings is 1. The Hall–Kier alpha value is -0.583. The number of rotatable bonds is 2. The van der Waals surface area contributed by atoms with Gasteiger partial charge in [0.25, 0.3) is 0 Å². The normalized spacial score (nSPS) is 8.18. The summed E-state index contributed by atoms with van der Waals surface area (Å²) in [6, 6.07) is 8.35. The third kappa shape index (κ3) is 2.49. The van der Waals surface area contributed by atoms with Crippen LogP contribution in [0.2, 0.25) is 0 Å². The molecule has 0 aliphatic carbocycles. The molecule has 1 rings (SSSR count). The van der Waals surface area contributed by atoms with Crippen LogP contribution >= 0.6 is 0 Å². The second-order valence-electron chi connectivity index (χ2n) is 1.77. The summed E-state index contributed by atoms with van der Waals surface area (Å²) in [5, 5.41) is 0. The van der Waals surface area contributed by atoms with Gasteiger partial charge in [0.05, 0.1) is 14.2 Å². The van der Waals surface area contributed by atoms with Gasteiger partial charge >= 0.3 is 18.9 Å². The van der Waals surface area contributed by atoms with Crippen molar-refractivity contribution in [2.45, 2.75) is 0 Å². The molecule has 0 unspecified atom stereocenters. The molecule has 0 bridgehead atoms.